The lowest BCUT2D eigenvalue weighted by Gasteiger charge is -2.53. The predicted octanol–water partition coefficient (Wildman–Crippen LogP) is 3.18. The van der Waals surface area contributed by atoms with Crippen LogP contribution in [0.5, 0.6) is 5.75 Å². The number of morpholine rings is 1. The van der Waals surface area contributed by atoms with Crippen molar-refractivity contribution in [2.45, 2.75) is 25.0 Å². The van der Waals surface area contributed by atoms with E-state index in [1.54, 1.807) is 13.0 Å². The van der Waals surface area contributed by atoms with Crippen molar-refractivity contribution in [3.8, 4) is 16.9 Å². The Morgan fingerprint density at radius 2 is 2.03 bits per heavy atom. The third-order valence-electron chi connectivity index (χ3n) is 6.76. The Hall–Kier alpha value is -3.55. The predicted molar refractivity (Wildman–Crippen MR) is 129 cm³/mol. The molecule has 0 radical (unpaired) electrons. The molecule has 37 heavy (non-hydrogen) atoms. The van der Waals surface area contributed by atoms with Gasteiger partial charge in [0.15, 0.2) is 5.82 Å². The largest absolute Gasteiger partial charge is 0.495 e. The fourth-order valence-corrected chi connectivity index (χ4v) is 6.00. The van der Waals surface area contributed by atoms with Gasteiger partial charge in [0, 0.05) is 30.8 Å². The molecule has 2 fully saturated rings. The van der Waals surface area contributed by atoms with E-state index in [0.29, 0.717) is 5.56 Å². The molecule has 13 heteroatoms. The van der Waals surface area contributed by atoms with Crippen molar-refractivity contribution in [2.24, 2.45) is 0 Å². The molecule has 0 saturated carbocycles. The van der Waals surface area contributed by atoms with E-state index in [-0.39, 0.29) is 48.9 Å². The second kappa shape index (κ2) is 9.39. The zero-order valence-electron chi connectivity index (χ0n) is 20.0. The van der Waals surface area contributed by atoms with Crippen LogP contribution in [0.15, 0.2) is 53.3 Å². The van der Waals surface area contributed by atoms with Gasteiger partial charge < -0.3 is 14.0 Å². The number of amides is 1. The summed E-state index contributed by atoms with van der Waals surface area (Å²) in [7, 11) is -2.59. The Bertz CT molecular complexity index is 1430. The van der Waals surface area contributed by atoms with E-state index in [2.05, 4.69) is 14.4 Å². The molecule has 3 aromatic rings. The van der Waals surface area contributed by atoms with Gasteiger partial charge in [0.1, 0.15) is 30.3 Å². The topological polar surface area (TPSA) is 114 Å². The summed E-state index contributed by atoms with van der Waals surface area (Å²) in [6, 6.07) is 9.48. The van der Waals surface area contributed by atoms with Crippen LogP contribution in [-0.2, 0) is 19.7 Å². The number of fused-ring (bicyclic) bond motifs is 1. The van der Waals surface area contributed by atoms with Gasteiger partial charge in [-0.15, -0.1) is 0 Å². The van der Waals surface area contributed by atoms with Gasteiger partial charge in [-0.3, -0.25) is 14.4 Å². The number of nitrogens with one attached hydrogen (secondary N) is 1. The van der Waals surface area contributed by atoms with Crippen molar-refractivity contribution in [3.63, 3.8) is 0 Å². The number of benzene rings is 2. The van der Waals surface area contributed by atoms with Gasteiger partial charge in [-0.25, -0.2) is 8.78 Å². The number of anilines is 2. The van der Waals surface area contributed by atoms with Crippen molar-refractivity contribution in [2.75, 3.05) is 36.4 Å². The van der Waals surface area contributed by atoms with E-state index in [9.17, 15) is 17.6 Å². The van der Waals surface area contributed by atoms with Crippen LogP contribution in [0.4, 0.5) is 20.3 Å². The van der Waals surface area contributed by atoms with Gasteiger partial charge in [0.25, 0.3) is 5.91 Å². The zero-order valence-corrected chi connectivity index (χ0v) is 20.8. The number of carbonyl (C=O) groups excluding carboxylic acids is 1. The summed E-state index contributed by atoms with van der Waals surface area (Å²) in [6.45, 7) is 1.43. The lowest BCUT2D eigenvalue weighted by Crippen LogP contribution is -2.69. The average Bonchev–Trinajstić information content (AvgIpc) is 3.35. The second-order valence-corrected chi connectivity index (χ2v) is 10.7. The van der Waals surface area contributed by atoms with Crippen molar-refractivity contribution >= 4 is 27.6 Å². The molecule has 0 spiro atoms. The van der Waals surface area contributed by atoms with Crippen molar-refractivity contribution in [3.05, 3.63) is 60.4 Å². The molecule has 3 heterocycles. The molecule has 2 aliphatic heterocycles. The third-order valence-corrected chi connectivity index (χ3v) is 8.23. The first-order valence-corrected chi connectivity index (χ1v) is 12.8. The first-order valence-electron chi connectivity index (χ1n) is 11.4. The van der Waals surface area contributed by atoms with Gasteiger partial charge in [-0.2, -0.15) is 12.7 Å². The summed E-state index contributed by atoms with van der Waals surface area (Å²) in [5.74, 6) is -1.37. The third kappa shape index (κ3) is 4.54. The molecule has 1 aromatic heterocycles. The molecule has 2 aromatic carbocycles. The van der Waals surface area contributed by atoms with Crippen molar-refractivity contribution < 1.29 is 36.0 Å². The molecular formula is C24H24F2N4O6S. The quantitative estimate of drug-likeness (QED) is 0.517. The standard InChI is InChI=1S/C24H24F2N4O6S/c1-24-7-8-29(37(32,33)28-22-6-9-36-27-22)13-21(24)35-14-23(31)30(24)19-12-18(26)17(11-20(19)34-2)15-4-3-5-16(25)10-15/h3-6,9-12,21H,7-8,13-14H2,1-2H3,(H,27,28)/t21-,24-/m1/s1. The first-order chi connectivity index (χ1) is 17.6. The molecule has 0 bridgehead atoms. The van der Waals surface area contributed by atoms with Crippen LogP contribution in [-0.4, -0.2) is 62.2 Å². The average molecular weight is 535 g/mol. The maximum Gasteiger partial charge on any atom is 0.302 e. The van der Waals surface area contributed by atoms with Gasteiger partial charge in [-0.1, -0.05) is 17.3 Å². The summed E-state index contributed by atoms with van der Waals surface area (Å²) in [5.41, 5.74) is -0.395. The molecule has 2 atom stereocenters. The fourth-order valence-electron chi connectivity index (χ4n) is 4.84. The van der Waals surface area contributed by atoms with E-state index in [1.807, 2.05) is 0 Å². The van der Waals surface area contributed by atoms with E-state index in [4.69, 9.17) is 9.47 Å². The molecule has 0 aliphatic carbocycles. The fraction of sp³-hybridized carbons (Fsp3) is 0.333. The molecule has 1 N–H and O–H groups in total. The van der Waals surface area contributed by atoms with Crippen LogP contribution in [0.3, 0.4) is 0 Å². The Morgan fingerprint density at radius 1 is 1.22 bits per heavy atom. The van der Waals surface area contributed by atoms with E-state index >= 15 is 4.39 Å². The SMILES string of the molecule is COc1cc(-c2cccc(F)c2)c(F)cc1N1C(=O)CO[C@@H]2CN(S(=O)(=O)Nc3ccon3)CC[C@]21C. The van der Waals surface area contributed by atoms with E-state index < -0.39 is 39.4 Å². The molecule has 10 nitrogen and oxygen atoms in total. The van der Waals surface area contributed by atoms with Gasteiger partial charge in [0.2, 0.25) is 0 Å². The van der Waals surface area contributed by atoms with Crippen LogP contribution in [0.25, 0.3) is 11.1 Å². The smallest absolute Gasteiger partial charge is 0.302 e. The Labute approximate surface area is 211 Å². The highest BCUT2D eigenvalue weighted by molar-refractivity contribution is 7.90. The minimum absolute atomic E-state index is 0.0355. The lowest BCUT2D eigenvalue weighted by molar-refractivity contribution is -0.140. The monoisotopic (exact) mass is 534 g/mol. The zero-order chi connectivity index (χ0) is 26.4. The highest BCUT2D eigenvalue weighted by Crippen LogP contribution is 2.44. The maximum atomic E-state index is 15.4. The van der Waals surface area contributed by atoms with E-state index in [1.165, 1.54) is 59.0 Å². The number of piperidine rings is 1. The summed E-state index contributed by atoms with van der Waals surface area (Å²) in [5, 5.41) is 3.57. The summed E-state index contributed by atoms with van der Waals surface area (Å²) < 4.78 is 74.4. The molecule has 2 saturated heterocycles. The van der Waals surface area contributed by atoms with Crippen LogP contribution < -0.4 is 14.4 Å². The number of rotatable bonds is 6. The molecule has 5 rings (SSSR count). The molecule has 1 amide bonds. The number of ether oxygens (including phenoxy) is 2. The van der Waals surface area contributed by atoms with Gasteiger partial charge in [0.05, 0.1) is 24.4 Å². The Balaban J connectivity index is 1.47. The molecule has 196 valence electrons. The maximum absolute atomic E-state index is 15.4. The Kier molecular flexibility index (Phi) is 6.38. The minimum Gasteiger partial charge on any atom is -0.495 e. The number of aromatic nitrogens is 1. The van der Waals surface area contributed by atoms with Gasteiger partial charge in [-0.05, 0) is 37.1 Å². The highest BCUT2D eigenvalue weighted by atomic mass is 32.2. The number of hydrogen-bond acceptors (Lipinski definition) is 7. The summed E-state index contributed by atoms with van der Waals surface area (Å²) in [6.07, 6.45) is 0.716. The van der Waals surface area contributed by atoms with Crippen molar-refractivity contribution in [1.29, 1.82) is 0 Å². The minimum atomic E-state index is -3.98. The van der Waals surface area contributed by atoms with Crippen LogP contribution in [0.2, 0.25) is 0 Å². The number of nitrogens with zero attached hydrogens (tertiary/aromatic N) is 3. The number of halogens is 2. The van der Waals surface area contributed by atoms with Gasteiger partial charge >= 0.3 is 10.2 Å². The number of hydrogen-bond donors (Lipinski definition) is 1. The number of carbonyl (C=O) groups is 1. The number of methoxy groups -OCH3 is 1. The highest BCUT2D eigenvalue weighted by Gasteiger charge is 2.52. The lowest BCUT2D eigenvalue weighted by atomic mass is 9.83. The molecule has 0 unspecified atom stereocenters. The summed E-state index contributed by atoms with van der Waals surface area (Å²) >= 11 is 0. The van der Waals surface area contributed by atoms with Crippen LogP contribution in [0, 0.1) is 11.6 Å². The molecule has 2 aliphatic rings. The van der Waals surface area contributed by atoms with Crippen LogP contribution in [0.1, 0.15) is 13.3 Å². The van der Waals surface area contributed by atoms with Crippen molar-refractivity contribution in [1.82, 2.24) is 9.46 Å². The second-order valence-electron chi connectivity index (χ2n) is 9.00. The first kappa shape index (κ1) is 25.1. The molecular weight excluding hydrogens is 510 g/mol. The normalized spacial score (nSPS) is 22.5. The Morgan fingerprint density at radius 3 is 2.73 bits per heavy atom. The summed E-state index contributed by atoms with van der Waals surface area (Å²) in [4.78, 5) is 14.6. The van der Waals surface area contributed by atoms with E-state index in [0.717, 1.165) is 0 Å². The van der Waals surface area contributed by atoms with Crippen LogP contribution >= 0.6 is 0 Å².